The number of hydrogen-bond donors (Lipinski definition) is 2. The minimum Gasteiger partial charge on any atom is -0.271 e. The second-order valence-electron chi connectivity index (χ2n) is 4.48. The van der Waals surface area contributed by atoms with Crippen molar-refractivity contribution >= 4 is 23.1 Å². The lowest BCUT2D eigenvalue weighted by Crippen LogP contribution is -2.30. The third kappa shape index (κ3) is 3.00. The second kappa shape index (κ2) is 6.05. The van der Waals surface area contributed by atoms with Gasteiger partial charge < -0.3 is 0 Å². The molecule has 0 aliphatic carbocycles. The summed E-state index contributed by atoms with van der Waals surface area (Å²) in [7, 11) is 0. The Kier molecular flexibility index (Phi) is 4.70. The molecule has 2 rings (SSSR count). The van der Waals surface area contributed by atoms with Crippen LogP contribution in [0.4, 0.5) is 0 Å². The van der Waals surface area contributed by atoms with Gasteiger partial charge in [-0.25, -0.2) is 0 Å². The van der Waals surface area contributed by atoms with Crippen LogP contribution in [0, 0.1) is 12.8 Å². The van der Waals surface area contributed by atoms with Gasteiger partial charge in [0.1, 0.15) is 0 Å². The van der Waals surface area contributed by atoms with E-state index >= 15 is 0 Å². The Bertz CT molecular complexity index is 319. The fraction of sp³-hybridized carbons (Fsp3) is 0.667. The summed E-state index contributed by atoms with van der Waals surface area (Å²) in [5, 5.41) is 2.16. The van der Waals surface area contributed by atoms with E-state index in [9.17, 15) is 0 Å². The van der Waals surface area contributed by atoms with E-state index in [2.05, 4.69) is 35.6 Å². The number of rotatable bonds is 4. The van der Waals surface area contributed by atoms with Crippen LogP contribution in [0.3, 0.4) is 0 Å². The molecule has 1 aromatic rings. The molecule has 2 nitrogen and oxygen atoms in total. The Morgan fingerprint density at radius 2 is 2.25 bits per heavy atom. The molecule has 1 aromatic heterocycles. The maximum Gasteiger partial charge on any atom is 0.0558 e. The van der Waals surface area contributed by atoms with Crippen LogP contribution in [0.1, 0.15) is 35.7 Å². The van der Waals surface area contributed by atoms with E-state index in [1.165, 1.54) is 41.2 Å². The van der Waals surface area contributed by atoms with Crippen molar-refractivity contribution < 1.29 is 0 Å². The van der Waals surface area contributed by atoms with Gasteiger partial charge in [-0.2, -0.15) is 11.8 Å². The number of hydrogen-bond acceptors (Lipinski definition) is 4. The van der Waals surface area contributed by atoms with Crippen LogP contribution in [-0.4, -0.2) is 11.5 Å². The van der Waals surface area contributed by atoms with Crippen molar-refractivity contribution in [1.82, 2.24) is 5.43 Å². The maximum atomic E-state index is 5.70. The average molecular weight is 256 g/mol. The van der Waals surface area contributed by atoms with Gasteiger partial charge in [-0.15, -0.1) is 11.3 Å². The van der Waals surface area contributed by atoms with E-state index in [1.54, 1.807) is 0 Å². The number of aryl methyl sites for hydroxylation is 1. The van der Waals surface area contributed by atoms with Gasteiger partial charge in [-0.1, -0.05) is 0 Å². The summed E-state index contributed by atoms with van der Waals surface area (Å²) in [5.74, 6) is 9.20. The number of nitrogens with one attached hydrogen (secondary N) is 1. The average Bonchev–Trinajstić information content (AvgIpc) is 2.74. The fourth-order valence-corrected chi connectivity index (χ4v) is 4.51. The largest absolute Gasteiger partial charge is 0.271 e. The Labute approximate surface area is 106 Å². The molecule has 1 atom stereocenters. The number of hydrazine groups is 1. The summed E-state index contributed by atoms with van der Waals surface area (Å²) in [6.07, 6.45) is 3.90. The summed E-state index contributed by atoms with van der Waals surface area (Å²) >= 11 is 3.91. The molecule has 90 valence electrons. The molecular weight excluding hydrogens is 236 g/mol. The molecule has 0 aromatic carbocycles. The second-order valence-corrected chi connectivity index (χ2v) is 6.65. The zero-order chi connectivity index (χ0) is 11.4. The van der Waals surface area contributed by atoms with Gasteiger partial charge in [0, 0.05) is 4.88 Å². The first-order chi connectivity index (χ1) is 7.81. The van der Waals surface area contributed by atoms with Crippen LogP contribution in [-0.2, 0) is 0 Å². The van der Waals surface area contributed by atoms with Crippen LogP contribution in [0.5, 0.6) is 0 Å². The van der Waals surface area contributed by atoms with Gasteiger partial charge in [0.2, 0.25) is 0 Å². The van der Waals surface area contributed by atoms with E-state index < -0.39 is 0 Å². The summed E-state index contributed by atoms with van der Waals surface area (Å²) in [5.41, 5.74) is 4.37. The number of nitrogens with two attached hydrogens (primary N) is 1. The lowest BCUT2D eigenvalue weighted by molar-refractivity contribution is 0.376. The highest BCUT2D eigenvalue weighted by Crippen LogP contribution is 2.33. The Balaban J connectivity index is 1.97. The van der Waals surface area contributed by atoms with Crippen molar-refractivity contribution in [2.24, 2.45) is 11.8 Å². The highest BCUT2D eigenvalue weighted by atomic mass is 32.2. The Morgan fingerprint density at radius 3 is 2.81 bits per heavy atom. The van der Waals surface area contributed by atoms with Gasteiger partial charge in [-0.05, 0) is 60.6 Å². The quantitative estimate of drug-likeness (QED) is 0.642. The van der Waals surface area contributed by atoms with Crippen LogP contribution in [0.15, 0.2) is 11.4 Å². The molecule has 0 radical (unpaired) electrons. The molecule has 1 aliphatic rings. The lowest BCUT2D eigenvalue weighted by atomic mass is 9.93. The van der Waals surface area contributed by atoms with Gasteiger partial charge in [0.15, 0.2) is 0 Å². The molecular formula is C12H20N2S2. The van der Waals surface area contributed by atoms with Crippen molar-refractivity contribution in [3.8, 4) is 0 Å². The molecule has 1 unspecified atom stereocenters. The van der Waals surface area contributed by atoms with Crippen molar-refractivity contribution in [2.75, 3.05) is 11.5 Å². The molecule has 0 spiro atoms. The van der Waals surface area contributed by atoms with E-state index in [0.29, 0.717) is 6.04 Å². The lowest BCUT2D eigenvalue weighted by Gasteiger charge is -2.25. The summed E-state index contributed by atoms with van der Waals surface area (Å²) in [4.78, 5) is 1.42. The van der Waals surface area contributed by atoms with Gasteiger partial charge >= 0.3 is 0 Å². The zero-order valence-electron chi connectivity index (χ0n) is 9.74. The van der Waals surface area contributed by atoms with Crippen molar-refractivity contribution in [2.45, 2.75) is 32.2 Å². The minimum atomic E-state index is 0.355. The van der Waals surface area contributed by atoms with Crippen molar-refractivity contribution in [3.05, 3.63) is 21.9 Å². The number of thiophene rings is 1. The molecule has 3 N–H and O–H groups in total. The predicted molar refractivity (Wildman–Crippen MR) is 73.8 cm³/mol. The van der Waals surface area contributed by atoms with Crippen molar-refractivity contribution in [1.29, 1.82) is 0 Å². The molecule has 0 bridgehead atoms. The minimum absolute atomic E-state index is 0.355. The monoisotopic (exact) mass is 256 g/mol. The molecule has 0 saturated carbocycles. The molecule has 2 heterocycles. The molecule has 0 amide bonds. The highest BCUT2D eigenvalue weighted by molar-refractivity contribution is 7.99. The van der Waals surface area contributed by atoms with Crippen LogP contribution < -0.4 is 11.3 Å². The van der Waals surface area contributed by atoms with Gasteiger partial charge in [-0.3, -0.25) is 11.3 Å². The third-order valence-corrected chi connectivity index (χ3v) is 5.51. The molecule has 16 heavy (non-hydrogen) atoms. The number of thioether (sulfide) groups is 1. The SMILES string of the molecule is Cc1ccsc1C(CC1CCSCC1)NN. The topological polar surface area (TPSA) is 38.0 Å². The first-order valence-corrected chi connectivity index (χ1v) is 7.92. The van der Waals surface area contributed by atoms with E-state index in [1.807, 2.05) is 11.3 Å². The standard InChI is InChI=1S/C12H20N2S2/c1-9-2-7-16-12(9)11(14-13)8-10-3-5-15-6-4-10/h2,7,10-11,14H,3-6,8,13H2,1H3. The summed E-state index contributed by atoms with van der Waals surface area (Å²) in [6, 6.07) is 2.54. The Hall–Kier alpha value is -0.0300. The van der Waals surface area contributed by atoms with Gasteiger partial charge in [0.25, 0.3) is 0 Å². The molecule has 4 heteroatoms. The fourth-order valence-electron chi connectivity index (χ4n) is 2.31. The maximum absolute atomic E-state index is 5.70. The zero-order valence-corrected chi connectivity index (χ0v) is 11.4. The van der Waals surface area contributed by atoms with E-state index in [0.717, 1.165) is 5.92 Å². The van der Waals surface area contributed by atoms with Crippen LogP contribution >= 0.6 is 23.1 Å². The van der Waals surface area contributed by atoms with Crippen molar-refractivity contribution in [3.63, 3.8) is 0 Å². The molecule has 1 aliphatic heterocycles. The highest BCUT2D eigenvalue weighted by Gasteiger charge is 2.21. The van der Waals surface area contributed by atoms with Crippen LogP contribution in [0.2, 0.25) is 0 Å². The predicted octanol–water partition coefficient (Wildman–Crippen LogP) is 3.09. The van der Waals surface area contributed by atoms with Crippen LogP contribution in [0.25, 0.3) is 0 Å². The molecule has 1 fully saturated rings. The summed E-state index contributed by atoms with van der Waals surface area (Å²) < 4.78 is 0. The normalized spacial score (nSPS) is 19.9. The Morgan fingerprint density at radius 1 is 1.50 bits per heavy atom. The van der Waals surface area contributed by atoms with E-state index in [4.69, 9.17) is 5.84 Å². The first kappa shape index (κ1) is 12.4. The van der Waals surface area contributed by atoms with Gasteiger partial charge in [0.05, 0.1) is 6.04 Å². The first-order valence-electron chi connectivity index (χ1n) is 5.89. The third-order valence-electron chi connectivity index (χ3n) is 3.33. The summed E-state index contributed by atoms with van der Waals surface area (Å²) in [6.45, 7) is 2.17. The molecule has 1 saturated heterocycles. The van der Waals surface area contributed by atoms with E-state index in [-0.39, 0.29) is 0 Å². The smallest absolute Gasteiger partial charge is 0.0558 e.